The standard InChI is InChI=1S/C27H32ClN5O6/c1-4-18(19-9-7-11-29-19)30-25(35)15-33-26(36)16-8-5-6-10-21(16)32(27(33)37)14-24(34)31-20-12-17(28)22(38-2)13-23(20)39-3/h5-6,8,10,12-13,18-19,29H,4,7,9,11,14-15H2,1-3H3,(H,30,35)(H,31,34)/t18-,19?/m1/s1. The monoisotopic (exact) mass is 557 g/mol. The third kappa shape index (κ3) is 6.10. The van der Waals surface area contributed by atoms with Gasteiger partial charge in [0.2, 0.25) is 11.8 Å². The highest BCUT2D eigenvalue weighted by molar-refractivity contribution is 6.32. The summed E-state index contributed by atoms with van der Waals surface area (Å²) >= 11 is 6.21. The molecule has 1 fully saturated rings. The van der Waals surface area contributed by atoms with E-state index in [2.05, 4.69) is 16.0 Å². The second kappa shape index (κ2) is 12.4. The number of para-hydroxylation sites is 1. The molecule has 2 aromatic carbocycles. The Bertz CT molecular complexity index is 1490. The topological polar surface area (TPSA) is 133 Å². The number of aromatic nitrogens is 2. The highest BCUT2D eigenvalue weighted by Crippen LogP contribution is 2.35. The normalized spacial score (nSPS) is 15.6. The molecule has 0 saturated carbocycles. The summed E-state index contributed by atoms with van der Waals surface area (Å²) in [4.78, 5) is 52.7. The Hall–Kier alpha value is -3.83. The summed E-state index contributed by atoms with van der Waals surface area (Å²) in [6.07, 6.45) is 2.68. The summed E-state index contributed by atoms with van der Waals surface area (Å²) in [5.74, 6) is -0.327. The lowest BCUT2D eigenvalue weighted by atomic mass is 10.0. The smallest absolute Gasteiger partial charge is 0.332 e. The van der Waals surface area contributed by atoms with E-state index >= 15 is 0 Å². The second-order valence-electron chi connectivity index (χ2n) is 9.30. The number of fused-ring (bicyclic) bond motifs is 1. The Kier molecular flexibility index (Phi) is 8.93. The molecule has 0 bridgehead atoms. The van der Waals surface area contributed by atoms with Gasteiger partial charge in [-0.1, -0.05) is 30.7 Å². The fourth-order valence-electron chi connectivity index (χ4n) is 4.89. The Morgan fingerprint density at radius 1 is 1.08 bits per heavy atom. The van der Waals surface area contributed by atoms with Gasteiger partial charge in [0.15, 0.2) is 0 Å². The Balaban J connectivity index is 1.63. The van der Waals surface area contributed by atoms with Crippen LogP contribution in [0, 0.1) is 0 Å². The molecule has 0 spiro atoms. The predicted molar refractivity (Wildman–Crippen MR) is 149 cm³/mol. The molecular weight excluding hydrogens is 526 g/mol. The van der Waals surface area contributed by atoms with Gasteiger partial charge < -0.3 is 25.4 Å². The van der Waals surface area contributed by atoms with Crippen LogP contribution in [0.5, 0.6) is 11.5 Å². The summed E-state index contributed by atoms with van der Waals surface area (Å²) in [5, 5.41) is 9.50. The maximum atomic E-state index is 13.5. The van der Waals surface area contributed by atoms with Crippen molar-refractivity contribution in [3.63, 3.8) is 0 Å². The molecular formula is C27H32ClN5O6. The van der Waals surface area contributed by atoms with E-state index in [0.717, 1.165) is 24.0 Å². The van der Waals surface area contributed by atoms with Crippen LogP contribution in [0.25, 0.3) is 10.9 Å². The van der Waals surface area contributed by atoms with Crippen molar-refractivity contribution in [2.45, 2.75) is 51.4 Å². The minimum Gasteiger partial charge on any atom is -0.495 e. The van der Waals surface area contributed by atoms with E-state index in [1.165, 1.54) is 30.9 Å². The number of carbonyl (C=O) groups is 2. The van der Waals surface area contributed by atoms with E-state index in [1.807, 2.05) is 6.92 Å². The number of rotatable bonds is 10. The van der Waals surface area contributed by atoms with E-state index in [1.54, 1.807) is 24.3 Å². The first-order valence-corrected chi connectivity index (χ1v) is 13.1. The number of hydrogen-bond donors (Lipinski definition) is 3. The van der Waals surface area contributed by atoms with Crippen LogP contribution in [-0.2, 0) is 22.7 Å². The van der Waals surface area contributed by atoms with Crippen molar-refractivity contribution in [2.24, 2.45) is 0 Å². The molecule has 208 valence electrons. The molecule has 11 nitrogen and oxygen atoms in total. The molecule has 1 unspecified atom stereocenters. The summed E-state index contributed by atoms with van der Waals surface area (Å²) in [6.45, 7) is 1.99. The number of ether oxygens (including phenoxy) is 2. The lowest BCUT2D eigenvalue weighted by Gasteiger charge is -2.24. The number of anilines is 1. The first kappa shape index (κ1) is 28.2. The van der Waals surface area contributed by atoms with Gasteiger partial charge in [-0.2, -0.15) is 0 Å². The van der Waals surface area contributed by atoms with Crippen molar-refractivity contribution < 1.29 is 19.1 Å². The molecule has 1 aliphatic heterocycles. The number of hydrogen-bond acceptors (Lipinski definition) is 7. The Morgan fingerprint density at radius 2 is 1.79 bits per heavy atom. The van der Waals surface area contributed by atoms with E-state index < -0.39 is 36.2 Å². The highest BCUT2D eigenvalue weighted by atomic mass is 35.5. The van der Waals surface area contributed by atoms with Gasteiger partial charge in [-0.25, -0.2) is 4.79 Å². The molecule has 1 aliphatic rings. The average molecular weight is 558 g/mol. The molecule has 1 aromatic heterocycles. The maximum absolute atomic E-state index is 13.5. The zero-order chi connectivity index (χ0) is 28.1. The number of amides is 2. The molecule has 2 atom stereocenters. The Labute approximate surface area is 230 Å². The van der Waals surface area contributed by atoms with E-state index in [9.17, 15) is 19.2 Å². The first-order valence-electron chi connectivity index (χ1n) is 12.7. The summed E-state index contributed by atoms with van der Waals surface area (Å²) in [7, 11) is 2.89. The molecule has 2 heterocycles. The van der Waals surface area contributed by atoms with Gasteiger partial charge in [0, 0.05) is 18.2 Å². The molecule has 2 amide bonds. The van der Waals surface area contributed by atoms with Crippen molar-refractivity contribution in [1.29, 1.82) is 0 Å². The van der Waals surface area contributed by atoms with Crippen LogP contribution in [0.2, 0.25) is 5.02 Å². The van der Waals surface area contributed by atoms with E-state index in [0.29, 0.717) is 17.9 Å². The van der Waals surface area contributed by atoms with Gasteiger partial charge >= 0.3 is 5.69 Å². The van der Waals surface area contributed by atoms with Crippen molar-refractivity contribution in [1.82, 2.24) is 19.8 Å². The fourth-order valence-corrected chi connectivity index (χ4v) is 5.13. The third-order valence-electron chi connectivity index (χ3n) is 6.85. The van der Waals surface area contributed by atoms with Gasteiger partial charge in [0.1, 0.15) is 24.6 Å². The highest BCUT2D eigenvalue weighted by Gasteiger charge is 2.25. The fraction of sp³-hybridized carbons (Fsp3) is 0.407. The SMILES string of the molecule is CC[C@@H](NC(=O)Cn1c(=O)c2ccccc2n(CC(=O)Nc2cc(Cl)c(OC)cc2OC)c1=O)C1CCCN1. The molecule has 4 rings (SSSR count). The zero-order valence-electron chi connectivity index (χ0n) is 22.1. The maximum Gasteiger partial charge on any atom is 0.332 e. The largest absolute Gasteiger partial charge is 0.495 e. The molecule has 3 aromatic rings. The van der Waals surface area contributed by atoms with Crippen molar-refractivity contribution in [3.8, 4) is 11.5 Å². The van der Waals surface area contributed by atoms with E-state index in [-0.39, 0.29) is 33.7 Å². The number of carbonyl (C=O) groups excluding carboxylic acids is 2. The van der Waals surface area contributed by atoms with Crippen molar-refractivity contribution >= 4 is 40.0 Å². The molecule has 0 radical (unpaired) electrons. The summed E-state index contributed by atoms with van der Waals surface area (Å²) in [5.41, 5.74) is -0.807. The molecule has 3 N–H and O–H groups in total. The lowest BCUT2D eigenvalue weighted by molar-refractivity contribution is -0.122. The minimum atomic E-state index is -0.768. The number of nitrogens with one attached hydrogen (secondary N) is 3. The van der Waals surface area contributed by atoms with Crippen molar-refractivity contribution in [3.05, 3.63) is 62.3 Å². The molecule has 39 heavy (non-hydrogen) atoms. The van der Waals surface area contributed by atoms with Gasteiger partial charge in [0.05, 0.1) is 35.8 Å². The second-order valence-corrected chi connectivity index (χ2v) is 9.70. The van der Waals surface area contributed by atoms with Gasteiger partial charge in [0.25, 0.3) is 5.56 Å². The first-order chi connectivity index (χ1) is 18.8. The third-order valence-corrected chi connectivity index (χ3v) is 7.15. The number of methoxy groups -OCH3 is 2. The summed E-state index contributed by atoms with van der Waals surface area (Å²) in [6, 6.07) is 9.51. The van der Waals surface area contributed by atoms with E-state index in [4.69, 9.17) is 21.1 Å². The van der Waals surface area contributed by atoms with Crippen LogP contribution in [0.4, 0.5) is 5.69 Å². The Morgan fingerprint density at radius 3 is 2.46 bits per heavy atom. The van der Waals surface area contributed by atoms with Crippen LogP contribution in [0.1, 0.15) is 26.2 Å². The average Bonchev–Trinajstić information content (AvgIpc) is 3.47. The number of benzene rings is 2. The van der Waals surface area contributed by atoms with Crippen LogP contribution >= 0.6 is 11.6 Å². The molecule has 12 heteroatoms. The molecule has 0 aliphatic carbocycles. The predicted octanol–water partition coefficient (Wildman–Crippen LogP) is 2.12. The van der Waals surface area contributed by atoms with Crippen molar-refractivity contribution in [2.75, 3.05) is 26.1 Å². The van der Waals surface area contributed by atoms with Crippen LogP contribution in [0.15, 0.2) is 46.0 Å². The quantitative estimate of drug-likeness (QED) is 0.348. The van der Waals surface area contributed by atoms with Crippen LogP contribution in [0.3, 0.4) is 0 Å². The summed E-state index contributed by atoms with van der Waals surface area (Å²) < 4.78 is 12.6. The minimum absolute atomic E-state index is 0.115. The van der Waals surface area contributed by atoms with Gasteiger partial charge in [-0.3, -0.25) is 23.5 Å². The lowest BCUT2D eigenvalue weighted by Crippen LogP contribution is -2.50. The number of halogens is 1. The zero-order valence-corrected chi connectivity index (χ0v) is 22.8. The van der Waals surface area contributed by atoms with Gasteiger partial charge in [-0.15, -0.1) is 0 Å². The van der Waals surface area contributed by atoms with Gasteiger partial charge in [-0.05, 0) is 44.0 Å². The van der Waals surface area contributed by atoms with Crippen LogP contribution < -0.4 is 36.7 Å². The molecule has 1 saturated heterocycles. The number of nitrogens with zero attached hydrogens (tertiary/aromatic N) is 2. The van der Waals surface area contributed by atoms with Crippen LogP contribution in [-0.4, -0.2) is 53.8 Å².